The number of nitrogens with zero attached hydrogens (tertiary/aromatic N) is 4. The second-order valence-corrected chi connectivity index (χ2v) is 28.4. The molecule has 494 valence electrons. The van der Waals surface area contributed by atoms with Gasteiger partial charge in [0.1, 0.15) is 28.2 Å². The van der Waals surface area contributed by atoms with Crippen molar-refractivity contribution in [1.82, 2.24) is 0 Å². The van der Waals surface area contributed by atoms with E-state index in [1.807, 2.05) is 64.1 Å². The van der Waals surface area contributed by atoms with Crippen LogP contribution in [0.25, 0.3) is 89.5 Å². The highest BCUT2D eigenvalue weighted by molar-refractivity contribution is 5.74. The Labute approximate surface area is 589 Å². The normalized spacial score (nSPS) is 12.1. The fraction of sp³-hybridized carbons (Fsp3) is 0.269. The van der Waals surface area contributed by atoms with Crippen molar-refractivity contribution in [3.8, 4) is 89.5 Å². The third-order valence-corrected chi connectivity index (χ3v) is 17.5. The highest BCUT2D eigenvalue weighted by Gasteiger charge is 2.20. The highest BCUT2D eigenvalue weighted by Crippen LogP contribution is 2.32. The minimum Gasteiger partial charge on any atom is -0.201 e. The molecule has 0 aliphatic heterocycles. The minimum absolute atomic E-state index is 0.0751. The van der Waals surface area contributed by atoms with Gasteiger partial charge in [0, 0.05) is 76.3 Å². The van der Waals surface area contributed by atoms with Gasteiger partial charge in [0.25, 0.3) is 0 Å². The molecule has 0 aliphatic carbocycles. The molecule has 0 bridgehead atoms. The fourth-order valence-corrected chi connectivity index (χ4v) is 12.6. The lowest BCUT2D eigenvalue weighted by Crippen LogP contribution is -2.30. The average molecular weight is 1280 g/mol. The van der Waals surface area contributed by atoms with Crippen LogP contribution < -0.4 is 18.3 Å². The molecule has 0 radical (unpaired) electrons. The van der Waals surface area contributed by atoms with Crippen LogP contribution in [0.4, 0.5) is 0 Å². The fourth-order valence-electron chi connectivity index (χ4n) is 12.6. The Morgan fingerprint density at radius 3 is 0.804 bits per heavy atom. The smallest absolute Gasteiger partial charge is 0.201 e. The van der Waals surface area contributed by atoms with E-state index in [1.165, 1.54) is 89.3 Å². The van der Waals surface area contributed by atoms with Crippen LogP contribution in [0.5, 0.6) is 0 Å². The highest BCUT2D eigenvalue weighted by atomic mass is 14.9. The van der Waals surface area contributed by atoms with Crippen LogP contribution in [-0.4, -0.2) is 0 Å². The SMILES string of the molecule is Cc1ccccc1-c1cc(-c2cccc(CC(C)(C)C)c2)cc[n+]1C.Cc1ccccc1-c1cc(-c2cccc(CC(C)C)c2)cc[n+]1C.[2H]C([2H])(c1cccc(-c2cc[n+](C)c(-c3ccccc3C)c2)c1)C(C)C.[2H]C([2H])(c1cccc(-c2cc[n+](C)c(-c3ccccc3C)c2)c1)C(C)C. The van der Waals surface area contributed by atoms with E-state index in [1.54, 1.807) is 0 Å². The standard InChI is InChI=1S/C24H28N.3C23H26N/c1-18-9-6-7-12-22(18)23-16-21(13-14-25(23)5)20-11-8-10-19(15-20)17-24(2,3)4;3*1-17(2)14-19-9-7-10-20(15-19)21-12-13-24(4)23(16-21)22-11-6-5-8-18(22)3/h6-16H,17H2,1-5H3;3*5-13,15-17H,14H2,1-4H3/q4*+1/i;2*14D2;. The van der Waals surface area contributed by atoms with Gasteiger partial charge in [-0.05, 0) is 190 Å². The average Bonchev–Trinajstić information content (AvgIpc) is 0.811. The molecule has 0 spiro atoms. The van der Waals surface area contributed by atoms with Crippen molar-refractivity contribution >= 4 is 0 Å². The molecule has 0 aliphatic rings. The van der Waals surface area contributed by atoms with Crippen LogP contribution in [0.3, 0.4) is 0 Å². The van der Waals surface area contributed by atoms with E-state index in [-0.39, 0.29) is 11.8 Å². The van der Waals surface area contributed by atoms with Gasteiger partial charge in [-0.3, -0.25) is 0 Å². The zero-order valence-electron chi connectivity index (χ0n) is 64.8. The van der Waals surface area contributed by atoms with Gasteiger partial charge in [-0.15, -0.1) is 0 Å². The monoisotopic (exact) mass is 1280 g/mol. The van der Waals surface area contributed by atoms with Gasteiger partial charge in [-0.1, -0.05) is 232 Å². The van der Waals surface area contributed by atoms with Crippen molar-refractivity contribution in [2.75, 3.05) is 0 Å². The second kappa shape index (κ2) is 33.4. The van der Waals surface area contributed by atoms with E-state index >= 15 is 0 Å². The molecule has 0 saturated heterocycles. The van der Waals surface area contributed by atoms with Gasteiger partial charge >= 0.3 is 0 Å². The number of aryl methyl sites for hydroxylation is 8. The summed E-state index contributed by atoms with van der Waals surface area (Å²) < 4.78 is 42.2. The van der Waals surface area contributed by atoms with E-state index in [0.29, 0.717) is 11.3 Å². The molecule has 4 aromatic heterocycles. The van der Waals surface area contributed by atoms with Crippen molar-refractivity contribution in [3.63, 3.8) is 0 Å². The van der Waals surface area contributed by atoms with E-state index in [9.17, 15) is 0 Å². The molecule has 12 rings (SSSR count). The van der Waals surface area contributed by atoms with E-state index < -0.39 is 12.7 Å². The lowest BCUT2D eigenvalue weighted by molar-refractivity contribution is -0.660. The quantitative estimate of drug-likeness (QED) is 0.0910. The Bertz CT molecular complexity index is 4650. The summed E-state index contributed by atoms with van der Waals surface area (Å²) >= 11 is 0. The molecule has 0 amide bonds. The van der Waals surface area contributed by atoms with Crippen molar-refractivity contribution in [2.45, 2.75) is 116 Å². The first-order valence-electron chi connectivity index (χ1n) is 36.6. The first-order chi connectivity index (χ1) is 48.0. The van der Waals surface area contributed by atoms with Crippen LogP contribution in [0.2, 0.25) is 0 Å². The first-order valence-corrected chi connectivity index (χ1v) is 34.6. The van der Waals surface area contributed by atoms with Crippen LogP contribution in [0.15, 0.2) is 267 Å². The number of rotatable bonds is 15. The zero-order valence-corrected chi connectivity index (χ0v) is 60.8. The second-order valence-electron chi connectivity index (χ2n) is 28.4. The number of hydrogen-bond donors (Lipinski definition) is 0. The molecular weight excluding hydrogens is 1170 g/mol. The van der Waals surface area contributed by atoms with Crippen molar-refractivity contribution < 1.29 is 23.8 Å². The maximum absolute atomic E-state index is 8.38. The van der Waals surface area contributed by atoms with Gasteiger partial charge in [0.05, 0.1) is 0 Å². The van der Waals surface area contributed by atoms with E-state index in [4.69, 9.17) is 5.48 Å². The third kappa shape index (κ3) is 20.0. The molecule has 0 fully saturated rings. The number of benzene rings is 8. The molecule has 4 heterocycles. The predicted octanol–water partition coefficient (Wildman–Crippen LogP) is 21.8. The van der Waals surface area contributed by atoms with Gasteiger partial charge in [0.2, 0.25) is 22.8 Å². The maximum Gasteiger partial charge on any atom is 0.213 e. The molecule has 4 nitrogen and oxygen atoms in total. The summed E-state index contributed by atoms with van der Waals surface area (Å²) in [5, 5.41) is 0. The summed E-state index contributed by atoms with van der Waals surface area (Å²) in [5.74, 6) is 0.527. The lowest BCUT2D eigenvalue weighted by atomic mass is 9.87. The summed E-state index contributed by atoms with van der Waals surface area (Å²) in [5.41, 5.74) is 28.9. The number of hydrogen-bond acceptors (Lipinski definition) is 0. The predicted molar refractivity (Wildman–Crippen MR) is 412 cm³/mol. The Morgan fingerprint density at radius 1 is 0.289 bits per heavy atom. The van der Waals surface area contributed by atoms with Gasteiger partial charge in [0.15, 0.2) is 24.8 Å². The van der Waals surface area contributed by atoms with Crippen LogP contribution in [-0.2, 0) is 53.8 Å². The van der Waals surface area contributed by atoms with Crippen molar-refractivity contribution in [1.29, 1.82) is 0 Å². The molecular formula is C93H106N4+4. The van der Waals surface area contributed by atoms with Crippen molar-refractivity contribution in [2.24, 2.45) is 51.4 Å². The maximum atomic E-state index is 8.38. The van der Waals surface area contributed by atoms with Crippen molar-refractivity contribution in [3.05, 3.63) is 312 Å². The van der Waals surface area contributed by atoms with Crippen LogP contribution in [0, 0.1) is 50.9 Å². The first kappa shape index (κ1) is 66.0. The summed E-state index contributed by atoms with van der Waals surface area (Å²) in [6.07, 6.45) is 8.00. The molecule has 97 heavy (non-hydrogen) atoms. The molecule has 4 heteroatoms. The molecule has 0 saturated carbocycles. The van der Waals surface area contributed by atoms with E-state index in [0.717, 1.165) is 57.6 Å². The number of aromatic nitrogens is 4. The van der Waals surface area contributed by atoms with Crippen LogP contribution >= 0.6 is 0 Å². The zero-order chi connectivity index (χ0) is 72.9. The van der Waals surface area contributed by atoms with Gasteiger partial charge < -0.3 is 0 Å². The molecule has 0 N–H and O–H groups in total. The lowest BCUT2D eigenvalue weighted by Gasteiger charge is -2.18. The van der Waals surface area contributed by atoms with E-state index in [2.05, 4.69) is 340 Å². The van der Waals surface area contributed by atoms with Gasteiger partial charge in [-0.2, -0.15) is 0 Å². The summed E-state index contributed by atoms with van der Waals surface area (Å²) in [7, 11) is 8.33. The minimum atomic E-state index is -1.34. The Morgan fingerprint density at radius 2 is 0.536 bits per heavy atom. The summed E-state index contributed by atoms with van der Waals surface area (Å²) in [4.78, 5) is 0. The Balaban J connectivity index is 0.000000157. The largest absolute Gasteiger partial charge is 0.213 e. The van der Waals surface area contributed by atoms with Crippen LogP contribution in [0.1, 0.15) is 112 Å². The summed E-state index contributed by atoms with van der Waals surface area (Å²) in [6.45, 7) is 27.7. The third-order valence-electron chi connectivity index (χ3n) is 17.5. The Kier molecular flexibility index (Phi) is 22.7. The summed E-state index contributed by atoms with van der Waals surface area (Å²) in [6, 6.07) is 85.1. The molecule has 0 atom stereocenters. The molecule has 12 aromatic rings. The molecule has 8 aromatic carbocycles. The Hall–Kier alpha value is -9.64. The number of pyridine rings is 4. The van der Waals surface area contributed by atoms with Gasteiger partial charge in [-0.25, -0.2) is 18.3 Å². The topological polar surface area (TPSA) is 15.5 Å². The molecule has 0 unspecified atom stereocenters.